The molecule has 1 aromatic carbocycles. The SMILES string of the molecule is COC(=O)N1C[C@H](C(=O)OC(C)C)[C@@H](c2ccc(OC)c(OC3CCCC3)c2)C1. The molecule has 0 radical (unpaired) electrons. The summed E-state index contributed by atoms with van der Waals surface area (Å²) in [5, 5.41) is 0. The Balaban J connectivity index is 1.87. The number of likely N-dealkylation sites (tertiary alicyclic amines) is 1. The number of amides is 1. The zero-order chi connectivity index (χ0) is 21.0. The van der Waals surface area contributed by atoms with Gasteiger partial charge in [-0.05, 0) is 57.2 Å². The molecule has 160 valence electrons. The highest BCUT2D eigenvalue weighted by Crippen LogP contribution is 2.39. The third-order valence-corrected chi connectivity index (χ3v) is 5.62. The fourth-order valence-corrected chi connectivity index (χ4v) is 4.18. The number of nitrogens with zero attached hydrogens (tertiary/aromatic N) is 1. The second kappa shape index (κ2) is 9.37. The van der Waals surface area contributed by atoms with Gasteiger partial charge in [-0.25, -0.2) is 4.79 Å². The third kappa shape index (κ3) is 4.95. The summed E-state index contributed by atoms with van der Waals surface area (Å²) >= 11 is 0. The Bertz CT molecular complexity index is 728. The normalized spacial score (nSPS) is 22.0. The molecule has 1 aromatic rings. The number of carbonyl (C=O) groups excluding carboxylic acids is 2. The molecular weight excluding hydrogens is 374 g/mol. The molecule has 0 N–H and O–H groups in total. The zero-order valence-electron chi connectivity index (χ0n) is 17.7. The molecule has 0 spiro atoms. The molecule has 1 amide bonds. The lowest BCUT2D eigenvalue weighted by Crippen LogP contribution is -2.30. The molecular formula is C22H31NO6. The Kier molecular flexibility index (Phi) is 6.87. The number of benzene rings is 1. The van der Waals surface area contributed by atoms with Crippen LogP contribution in [0.1, 0.15) is 51.0 Å². The Labute approximate surface area is 172 Å². The topological polar surface area (TPSA) is 74.3 Å². The molecule has 0 unspecified atom stereocenters. The number of hydrogen-bond donors (Lipinski definition) is 0. The van der Waals surface area contributed by atoms with Gasteiger partial charge in [-0.15, -0.1) is 0 Å². The molecule has 3 rings (SSSR count). The van der Waals surface area contributed by atoms with Crippen LogP contribution in [0.15, 0.2) is 18.2 Å². The monoisotopic (exact) mass is 405 g/mol. The standard InChI is InChI=1S/C22H31NO6/c1-14(2)28-21(24)18-13-23(22(25)27-4)12-17(18)15-9-10-19(26-3)20(11-15)29-16-7-5-6-8-16/h9-11,14,16-18H,5-8,12-13H2,1-4H3/t17-,18+/m1/s1. The number of methoxy groups -OCH3 is 2. The Hall–Kier alpha value is -2.44. The van der Waals surface area contributed by atoms with Gasteiger partial charge in [0.15, 0.2) is 11.5 Å². The van der Waals surface area contributed by atoms with Crippen molar-refractivity contribution in [3.63, 3.8) is 0 Å². The second-order valence-electron chi connectivity index (χ2n) is 8.01. The number of carbonyl (C=O) groups is 2. The van der Waals surface area contributed by atoms with Crippen LogP contribution in [0.3, 0.4) is 0 Å². The van der Waals surface area contributed by atoms with E-state index in [0.717, 1.165) is 18.4 Å². The summed E-state index contributed by atoms with van der Waals surface area (Å²) in [5.41, 5.74) is 0.927. The van der Waals surface area contributed by atoms with E-state index in [0.29, 0.717) is 18.0 Å². The van der Waals surface area contributed by atoms with Crippen LogP contribution in [0.25, 0.3) is 0 Å². The maximum absolute atomic E-state index is 12.7. The van der Waals surface area contributed by atoms with Crippen LogP contribution in [-0.2, 0) is 14.3 Å². The lowest BCUT2D eigenvalue weighted by atomic mass is 9.88. The maximum atomic E-state index is 12.7. The fourth-order valence-electron chi connectivity index (χ4n) is 4.18. The summed E-state index contributed by atoms with van der Waals surface area (Å²) in [7, 11) is 2.96. The molecule has 7 nitrogen and oxygen atoms in total. The van der Waals surface area contributed by atoms with Crippen molar-refractivity contribution in [1.82, 2.24) is 4.90 Å². The third-order valence-electron chi connectivity index (χ3n) is 5.62. The van der Waals surface area contributed by atoms with Crippen LogP contribution in [0.2, 0.25) is 0 Å². The lowest BCUT2D eigenvalue weighted by molar-refractivity contribution is -0.152. The van der Waals surface area contributed by atoms with Gasteiger partial charge in [0, 0.05) is 19.0 Å². The molecule has 1 aliphatic heterocycles. The lowest BCUT2D eigenvalue weighted by Gasteiger charge is -2.21. The highest BCUT2D eigenvalue weighted by molar-refractivity contribution is 5.77. The van der Waals surface area contributed by atoms with E-state index in [1.54, 1.807) is 12.0 Å². The molecule has 7 heteroatoms. The van der Waals surface area contributed by atoms with E-state index < -0.39 is 12.0 Å². The first-order valence-corrected chi connectivity index (χ1v) is 10.3. The predicted octanol–water partition coefficient (Wildman–Crippen LogP) is 3.75. The van der Waals surface area contributed by atoms with Gasteiger partial charge in [-0.2, -0.15) is 0 Å². The van der Waals surface area contributed by atoms with E-state index in [4.69, 9.17) is 18.9 Å². The first-order chi connectivity index (χ1) is 13.9. The van der Waals surface area contributed by atoms with Crippen LogP contribution in [0.4, 0.5) is 4.79 Å². The van der Waals surface area contributed by atoms with Crippen LogP contribution in [-0.4, -0.2) is 56.5 Å². The van der Waals surface area contributed by atoms with E-state index in [1.807, 2.05) is 32.0 Å². The molecule has 1 aliphatic carbocycles. The quantitative estimate of drug-likeness (QED) is 0.671. The summed E-state index contributed by atoms with van der Waals surface area (Å²) < 4.78 is 22.0. The van der Waals surface area contributed by atoms with Gasteiger partial charge in [0.05, 0.1) is 32.3 Å². The van der Waals surface area contributed by atoms with Crippen molar-refractivity contribution in [3.8, 4) is 11.5 Å². The van der Waals surface area contributed by atoms with Gasteiger partial charge in [0.1, 0.15) is 0 Å². The van der Waals surface area contributed by atoms with Crippen LogP contribution < -0.4 is 9.47 Å². The minimum Gasteiger partial charge on any atom is -0.493 e. The number of esters is 1. The molecule has 2 fully saturated rings. The highest BCUT2D eigenvalue weighted by Gasteiger charge is 2.42. The van der Waals surface area contributed by atoms with Gasteiger partial charge in [0.25, 0.3) is 0 Å². The Morgan fingerprint density at radius 3 is 2.41 bits per heavy atom. The summed E-state index contributed by atoms with van der Waals surface area (Å²) in [4.78, 5) is 26.4. The van der Waals surface area contributed by atoms with Crippen molar-refractivity contribution in [2.75, 3.05) is 27.3 Å². The molecule has 1 saturated heterocycles. The summed E-state index contributed by atoms with van der Waals surface area (Å²) in [6, 6.07) is 5.74. The van der Waals surface area contributed by atoms with Crippen LogP contribution in [0.5, 0.6) is 11.5 Å². The molecule has 2 atom stereocenters. The van der Waals surface area contributed by atoms with E-state index >= 15 is 0 Å². The van der Waals surface area contributed by atoms with Gasteiger partial charge < -0.3 is 23.8 Å². The van der Waals surface area contributed by atoms with Crippen molar-refractivity contribution < 1.29 is 28.5 Å². The Morgan fingerprint density at radius 1 is 1.07 bits per heavy atom. The Morgan fingerprint density at radius 2 is 1.79 bits per heavy atom. The molecule has 0 bridgehead atoms. The largest absolute Gasteiger partial charge is 0.493 e. The zero-order valence-corrected chi connectivity index (χ0v) is 17.7. The van der Waals surface area contributed by atoms with Gasteiger partial charge in [-0.3, -0.25) is 4.79 Å². The van der Waals surface area contributed by atoms with E-state index in [1.165, 1.54) is 20.0 Å². The van der Waals surface area contributed by atoms with Gasteiger partial charge in [0.2, 0.25) is 0 Å². The summed E-state index contributed by atoms with van der Waals surface area (Å²) in [6.45, 7) is 4.30. The van der Waals surface area contributed by atoms with Gasteiger partial charge >= 0.3 is 12.1 Å². The number of rotatable bonds is 6. The molecule has 29 heavy (non-hydrogen) atoms. The van der Waals surface area contributed by atoms with E-state index in [-0.39, 0.29) is 30.6 Å². The highest BCUT2D eigenvalue weighted by atomic mass is 16.5. The average molecular weight is 405 g/mol. The van der Waals surface area contributed by atoms with E-state index in [9.17, 15) is 9.59 Å². The molecule has 2 aliphatic rings. The average Bonchev–Trinajstić information content (AvgIpc) is 3.36. The second-order valence-corrected chi connectivity index (χ2v) is 8.01. The minimum atomic E-state index is -0.454. The fraction of sp³-hybridized carbons (Fsp3) is 0.636. The van der Waals surface area contributed by atoms with Crippen LogP contribution >= 0.6 is 0 Å². The summed E-state index contributed by atoms with van der Waals surface area (Å²) in [5.74, 6) is 0.404. The molecule has 0 aromatic heterocycles. The predicted molar refractivity (Wildman–Crippen MR) is 107 cm³/mol. The maximum Gasteiger partial charge on any atom is 0.409 e. The van der Waals surface area contributed by atoms with Crippen molar-refractivity contribution in [1.29, 1.82) is 0 Å². The molecule has 1 saturated carbocycles. The first kappa shape index (κ1) is 21.3. The van der Waals surface area contributed by atoms with Crippen molar-refractivity contribution in [2.45, 2.75) is 57.7 Å². The van der Waals surface area contributed by atoms with Gasteiger partial charge in [-0.1, -0.05) is 6.07 Å². The number of ether oxygens (including phenoxy) is 4. The van der Waals surface area contributed by atoms with Crippen molar-refractivity contribution in [2.24, 2.45) is 5.92 Å². The first-order valence-electron chi connectivity index (χ1n) is 10.3. The summed E-state index contributed by atoms with van der Waals surface area (Å²) in [6.07, 6.45) is 3.96. The molecule has 1 heterocycles. The number of hydrogen-bond acceptors (Lipinski definition) is 6. The minimum absolute atomic E-state index is 0.191. The van der Waals surface area contributed by atoms with Crippen LogP contribution in [0, 0.1) is 5.92 Å². The van der Waals surface area contributed by atoms with E-state index in [2.05, 4.69) is 0 Å². The van der Waals surface area contributed by atoms with Crippen molar-refractivity contribution >= 4 is 12.1 Å². The smallest absolute Gasteiger partial charge is 0.409 e. The van der Waals surface area contributed by atoms with Crippen molar-refractivity contribution in [3.05, 3.63) is 23.8 Å².